The number of fused-ring (bicyclic) bond motifs is 3. The molecule has 90 valence electrons. The molecule has 0 aromatic carbocycles. The van der Waals surface area contributed by atoms with Gasteiger partial charge < -0.3 is 4.42 Å². The first-order valence-electron chi connectivity index (χ1n) is 6.09. The molecular formula is C13H15NO2S. The van der Waals surface area contributed by atoms with Crippen LogP contribution in [0.4, 0.5) is 0 Å². The van der Waals surface area contributed by atoms with Gasteiger partial charge in [-0.1, -0.05) is 13.8 Å². The summed E-state index contributed by atoms with van der Waals surface area (Å²) in [5.74, 6) is 1.03. The van der Waals surface area contributed by atoms with Gasteiger partial charge in [-0.3, -0.25) is 0 Å². The lowest BCUT2D eigenvalue weighted by Gasteiger charge is -2.02. The number of hydrogen-bond donors (Lipinski definition) is 0. The maximum Gasteiger partial charge on any atom is 0.348 e. The van der Waals surface area contributed by atoms with Gasteiger partial charge in [0.15, 0.2) is 5.89 Å². The SMILES string of the molecule is CC(C)Cc1nc2sc3c(c2c(=O)o1)CCC3. The molecule has 0 saturated heterocycles. The van der Waals surface area contributed by atoms with Gasteiger partial charge in [0.1, 0.15) is 10.2 Å². The predicted octanol–water partition coefficient (Wildman–Crippen LogP) is 2.94. The number of aromatic nitrogens is 1. The van der Waals surface area contributed by atoms with Crippen molar-refractivity contribution in [3.05, 3.63) is 26.8 Å². The minimum atomic E-state index is -0.190. The third-order valence-corrected chi connectivity index (χ3v) is 4.31. The van der Waals surface area contributed by atoms with Gasteiger partial charge in [0, 0.05) is 11.3 Å². The molecule has 17 heavy (non-hydrogen) atoms. The van der Waals surface area contributed by atoms with E-state index in [1.807, 2.05) is 0 Å². The molecule has 3 rings (SSSR count). The van der Waals surface area contributed by atoms with Crippen LogP contribution in [0.2, 0.25) is 0 Å². The van der Waals surface area contributed by atoms with Crippen molar-refractivity contribution in [3.63, 3.8) is 0 Å². The van der Waals surface area contributed by atoms with E-state index in [2.05, 4.69) is 18.8 Å². The predicted molar refractivity (Wildman–Crippen MR) is 68.7 cm³/mol. The van der Waals surface area contributed by atoms with Crippen LogP contribution in [0, 0.1) is 5.92 Å². The van der Waals surface area contributed by atoms with E-state index in [1.54, 1.807) is 11.3 Å². The van der Waals surface area contributed by atoms with Crippen LogP contribution in [0.15, 0.2) is 9.21 Å². The number of aryl methyl sites for hydroxylation is 2. The summed E-state index contributed by atoms with van der Waals surface area (Å²) in [7, 11) is 0. The van der Waals surface area contributed by atoms with Gasteiger partial charge in [-0.05, 0) is 30.7 Å². The van der Waals surface area contributed by atoms with E-state index in [1.165, 1.54) is 10.4 Å². The lowest BCUT2D eigenvalue weighted by atomic mass is 10.1. The fraction of sp³-hybridized carbons (Fsp3) is 0.538. The summed E-state index contributed by atoms with van der Waals surface area (Å²) < 4.78 is 5.32. The molecule has 0 bridgehead atoms. The van der Waals surface area contributed by atoms with E-state index in [9.17, 15) is 4.79 Å². The van der Waals surface area contributed by atoms with Crippen molar-refractivity contribution in [1.82, 2.24) is 4.98 Å². The van der Waals surface area contributed by atoms with E-state index in [0.29, 0.717) is 11.8 Å². The van der Waals surface area contributed by atoms with Gasteiger partial charge >= 0.3 is 5.63 Å². The van der Waals surface area contributed by atoms with Crippen molar-refractivity contribution in [1.29, 1.82) is 0 Å². The molecule has 0 spiro atoms. The van der Waals surface area contributed by atoms with E-state index >= 15 is 0 Å². The highest BCUT2D eigenvalue weighted by Crippen LogP contribution is 2.34. The fourth-order valence-electron chi connectivity index (χ4n) is 2.41. The van der Waals surface area contributed by atoms with E-state index in [4.69, 9.17) is 4.42 Å². The van der Waals surface area contributed by atoms with Crippen molar-refractivity contribution in [2.45, 2.75) is 39.5 Å². The monoisotopic (exact) mass is 249 g/mol. The summed E-state index contributed by atoms with van der Waals surface area (Å²) in [6.45, 7) is 4.19. The molecule has 0 N–H and O–H groups in total. The summed E-state index contributed by atoms with van der Waals surface area (Å²) in [6, 6.07) is 0. The van der Waals surface area contributed by atoms with Crippen molar-refractivity contribution in [2.24, 2.45) is 5.92 Å². The molecule has 1 aliphatic rings. The third-order valence-electron chi connectivity index (χ3n) is 3.13. The van der Waals surface area contributed by atoms with E-state index in [-0.39, 0.29) is 5.63 Å². The van der Waals surface area contributed by atoms with Crippen molar-refractivity contribution in [3.8, 4) is 0 Å². The Kier molecular flexibility index (Phi) is 2.54. The smallest absolute Gasteiger partial charge is 0.348 e. The molecule has 0 saturated carbocycles. The van der Waals surface area contributed by atoms with Gasteiger partial charge in [-0.2, -0.15) is 0 Å². The van der Waals surface area contributed by atoms with Gasteiger partial charge in [0.2, 0.25) is 0 Å². The van der Waals surface area contributed by atoms with E-state index < -0.39 is 0 Å². The highest BCUT2D eigenvalue weighted by molar-refractivity contribution is 7.18. The number of hydrogen-bond acceptors (Lipinski definition) is 4. The first kappa shape index (κ1) is 11.0. The Balaban J connectivity index is 2.18. The second-order valence-electron chi connectivity index (χ2n) is 5.03. The highest BCUT2D eigenvalue weighted by Gasteiger charge is 2.22. The molecule has 4 heteroatoms. The Morgan fingerprint density at radius 1 is 1.41 bits per heavy atom. The quantitative estimate of drug-likeness (QED) is 0.822. The van der Waals surface area contributed by atoms with Crippen molar-refractivity contribution >= 4 is 21.6 Å². The molecule has 0 fully saturated rings. The van der Waals surface area contributed by atoms with Gasteiger partial charge in [0.05, 0.1) is 0 Å². The lowest BCUT2D eigenvalue weighted by molar-refractivity contribution is 0.417. The Bertz CT molecular complexity index is 624. The molecule has 1 aliphatic carbocycles. The van der Waals surface area contributed by atoms with Crippen LogP contribution in [0.3, 0.4) is 0 Å². The standard InChI is InChI=1S/C13H15NO2S/c1-7(2)6-10-14-12-11(13(15)16-10)8-4-3-5-9(8)17-12/h7H,3-6H2,1-2H3. The van der Waals surface area contributed by atoms with Gasteiger partial charge in [-0.25, -0.2) is 9.78 Å². The molecular weight excluding hydrogens is 234 g/mol. The zero-order valence-electron chi connectivity index (χ0n) is 10.1. The lowest BCUT2D eigenvalue weighted by Crippen LogP contribution is -2.07. The molecule has 2 aromatic rings. The number of thiophene rings is 1. The molecule has 0 radical (unpaired) electrons. The summed E-state index contributed by atoms with van der Waals surface area (Å²) in [6.07, 6.45) is 3.98. The van der Waals surface area contributed by atoms with Crippen molar-refractivity contribution < 1.29 is 4.42 Å². The number of rotatable bonds is 2. The minimum absolute atomic E-state index is 0.190. The Labute approximate surface area is 103 Å². The zero-order chi connectivity index (χ0) is 12.0. The molecule has 0 unspecified atom stereocenters. The maximum atomic E-state index is 12.0. The van der Waals surface area contributed by atoms with Crippen molar-refractivity contribution in [2.75, 3.05) is 0 Å². The normalized spacial score (nSPS) is 14.8. The molecule has 0 amide bonds. The molecule has 0 aliphatic heterocycles. The average Bonchev–Trinajstić information content (AvgIpc) is 2.74. The van der Waals surface area contributed by atoms with Crippen LogP contribution < -0.4 is 5.63 Å². The highest BCUT2D eigenvalue weighted by atomic mass is 32.1. The maximum absolute atomic E-state index is 12.0. The Morgan fingerprint density at radius 3 is 3.00 bits per heavy atom. The van der Waals surface area contributed by atoms with E-state index in [0.717, 1.165) is 35.9 Å². The Hall–Kier alpha value is -1.16. The number of nitrogens with zero attached hydrogens (tertiary/aromatic N) is 1. The average molecular weight is 249 g/mol. The van der Waals surface area contributed by atoms with Crippen LogP contribution in [-0.2, 0) is 19.3 Å². The third kappa shape index (κ3) is 1.80. The summed E-state index contributed by atoms with van der Waals surface area (Å²) in [4.78, 5) is 18.7. The molecule has 2 aromatic heterocycles. The van der Waals surface area contributed by atoms with Gasteiger partial charge in [-0.15, -0.1) is 11.3 Å². The second kappa shape index (κ2) is 3.95. The Morgan fingerprint density at radius 2 is 2.24 bits per heavy atom. The minimum Gasteiger partial charge on any atom is -0.408 e. The molecule has 0 atom stereocenters. The summed E-state index contributed by atoms with van der Waals surface area (Å²) in [5, 5.41) is 0.745. The first-order chi connectivity index (χ1) is 8.15. The first-order valence-corrected chi connectivity index (χ1v) is 6.91. The molecule has 2 heterocycles. The van der Waals surface area contributed by atoms with Crippen LogP contribution >= 0.6 is 11.3 Å². The van der Waals surface area contributed by atoms with Crippen LogP contribution in [0.1, 0.15) is 36.6 Å². The summed E-state index contributed by atoms with van der Waals surface area (Å²) in [5.41, 5.74) is 1.01. The molecule has 3 nitrogen and oxygen atoms in total. The van der Waals surface area contributed by atoms with Crippen LogP contribution in [-0.4, -0.2) is 4.98 Å². The van der Waals surface area contributed by atoms with Crippen LogP contribution in [0.5, 0.6) is 0 Å². The fourth-order valence-corrected chi connectivity index (χ4v) is 3.67. The second-order valence-corrected chi connectivity index (χ2v) is 6.11. The zero-order valence-corrected chi connectivity index (χ0v) is 10.9. The topological polar surface area (TPSA) is 43.1 Å². The van der Waals surface area contributed by atoms with Crippen LogP contribution in [0.25, 0.3) is 10.2 Å². The largest absolute Gasteiger partial charge is 0.408 e. The van der Waals surface area contributed by atoms with Gasteiger partial charge in [0.25, 0.3) is 0 Å². The summed E-state index contributed by atoms with van der Waals surface area (Å²) >= 11 is 1.67.